The Bertz CT molecular complexity index is 1360. The molecule has 0 aliphatic carbocycles. The maximum Gasteiger partial charge on any atom is 0.472 e. The van der Waals surface area contributed by atoms with Crippen molar-refractivity contribution in [3.8, 4) is 0 Å². The first kappa shape index (κ1) is 67.4. The van der Waals surface area contributed by atoms with Crippen molar-refractivity contribution >= 4 is 25.7 Å². The molecule has 2 N–H and O–H groups in total. The van der Waals surface area contributed by atoms with Gasteiger partial charge in [-0.3, -0.25) is 23.4 Å². The fraction of sp³-hybridized carbons (Fsp3) is 0.810. The third kappa shape index (κ3) is 50.4. The first-order chi connectivity index (χ1) is 34.2. The Balaban J connectivity index is 4.74. The van der Waals surface area contributed by atoms with Gasteiger partial charge in [-0.15, -0.1) is 0 Å². The number of hydrogen-bond donors (Lipinski definition) is 2. The van der Waals surface area contributed by atoms with E-state index in [0.717, 1.165) is 89.9 Å². The molecule has 0 aliphatic heterocycles. The van der Waals surface area contributed by atoms with Gasteiger partial charge in [-0.05, 0) is 57.8 Å². The second-order valence-corrected chi connectivity index (χ2v) is 20.5. The Labute approximate surface area is 428 Å². The Kier molecular flexibility index (Phi) is 50.8. The van der Waals surface area contributed by atoms with Crippen LogP contribution in [0.15, 0.2) is 48.6 Å². The topological polar surface area (TPSA) is 155 Å². The highest BCUT2D eigenvalue weighted by atomic mass is 31.2. The van der Waals surface area contributed by atoms with Crippen molar-refractivity contribution in [1.29, 1.82) is 0 Å². The third-order valence-electron chi connectivity index (χ3n) is 12.3. The number of ether oxygens (including phenoxy) is 3. The van der Waals surface area contributed by atoms with E-state index in [0.29, 0.717) is 19.3 Å². The second-order valence-electron chi connectivity index (χ2n) is 19.1. The quantitative estimate of drug-likeness (QED) is 0.0197. The molecular weight excluding hydrogens is 904 g/mol. The molecule has 0 amide bonds. The summed E-state index contributed by atoms with van der Waals surface area (Å²) in [6.07, 6.45) is 55.0. The number of unbranched alkanes of at least 4 members (excludes halogenated alkanes) is 28. The van der Waals surface area contributed by atoms with Gasteiger partial charge in [-0.25, -0.2) is 4.57 Å². The number of phosphoric acid groups is 1. The number of hydrogen-bond acceptors (Lipinski definition) is 10. The van der Waals surface area contributed by atoms with E-state index in [-0.39, 0.29) is 25.9 Å². The van der Waals surface area contributed by atoms with Gasteiger partial charge in [0.2, 0.25) is 0 Å². The number of allylic oxidation sites excluding steroid dienone is 8. The van der Waals surface area contributed by atoms with E-state index in [1.54, 1.807) is 0 Å². The van der Waals surface area contributed by atoms with Crippen molar-refractivity contribution < 1.29 is 52.2 Å². The highest BCUT2D eigenvalue weighted by molar-refractivity contribution is 7.47. The van der Waals surface area contributed by atoms with Crippen molar-refractivity contribution in [3.05, 3.63) is 48.6 Å². The van der Waals surface area contributed by atoms with Crippen LogP contribution in [0.3, 0.4) is 0 Å². The molecule has 0 heterocycles. The third-order valence-corrected chi connectivity index (χ3v) is 13.2. The van der Waals surface area contributed by atoms with Gasteiger partial charge in [-0.2, -0.15) is 0 Å². The Morgan fingerprint density at radius 2 is 0.743 bits per heavy atom. The predicted octanol–water partition coefficient (Wildman–Crippen LogP) is 16.6. The summed E-state index contributed by atoms with van der Waals surface area (Å²) >= 11 is 0. The van der Waals surface area contributed by atoms with E-state index < -0.39 is 57.8 Å². The Hall–Kier alpha value is -2.56. The fourth-order valence-corrected chi connectivity index (χ4v) is 8.72. The van der Waals surface area contributed by atoms with Crippen molar-refractivity contribution in [1.82, 2.24) is 0 Å². The van der Waals surface area contributed by atoms with E-state index in [4.69, 9.17) is 23.3 Å². The lowest BCUT2D eigenvalue weighted by atomic mass is 10.0. The molecule has 0 aromatic heterocycles. The number of carbonyl (C=O) groups excluding carboxylic acids is 3. The molecule has 11 nitrogen and oxygen atoms in total. The summed E-state index contributed by atoms with van der Waals surface area (Å²) in [5.74, 6) is -1.48. The van der Waals surface area contributed by atoms with E-state index in [1.807, 2.05) is 0 Å². The lowest BCUT2D eigenvalue weighted by Crippen LogP contribution is -2.30. The molecule has 0 spiro atoms. The van der Waals surface area contributed by atoms with Crippen LogP contribution >= 0.6 is 7.82 Å². The lowest BCUT2D eigenvalue weighted by molar-refractivity contribution is -0.161. The van der Waals surface area contributed by atoms with Gasteiger partial charge >= 0.3 is 25.7 Å². The molecule has 0 saturated heterocycles. The van der Waals surface area contributed by atoms with Crippen molar-refractivity contribution in [2.45, 2.75) is 277 Å². The molecule has 3 unspecified atom stereocenters. The second kappa shape index (κ2) is 52.8. The van der Waals surface area contributed by atoms with Gasteiger partial charge in [0.05, 0.1) is 19.8 Å². The van der Waals surface area contributed by atoms with Gasteiger partial charge in [0.1, 0.15) is 12.7 Å². The molecule has 0 aromatic rings. The summed E-state index contributed by atoms with van der Waals surface area (Å²) in [6, 6.07) is 0. The van der Waals surface area contributed by atoms with Gasteiger partial charge in [-0.1, -0.05) is 236 Å². The molecule has 0 aliphatic rings. The van der Waals surface area contributed by atoms with E-state index >= 15 is 0 Å². The number of aliphatic hydroxyl groups excluding tert-OH is 1. The summed E-state index contributed by atoms with van der Waals surface area (Å²) in [7, 11) is -4.74. The van der Waals surface area contributed by atoms with Crippen LogP contribution in [0.2, 0.25) is 0 Å². The number of carbonyl (C=O) groups is 3. The van der Waals surface area contributed by atoms with Crippen LogP contribution in [0.5, 0.6) is 0 Å². The Morgan fingerprint density at radius 1 is 0.414 bits per heavy atom. The minimum atomic E-state index is -4.74. The summed E-state index contributed by atoms with van der Waals surface area (Å²) < 4.78 is 39.5. The monoisotopic (exact) mass is 1010 g/mol. The van der Waals surface area contributed by atoms with Crippen LogP contribution in [0.4, 0.5) is 0 Å². The van der Waals surface area contributed by atoms with Gasteiger partial charge in [0.25, 0.3) is 0 Å². The van der Waals surface area contributed by atoms with Crippen LogP contribution in [-0.4, -0.2) is 66.5 Å². The van der Waals surface area contributed by atoms with Crippen LogP contribution in [0, 0.1) is 0 Å². The van der Waals surface area contributed by atoms with Crippen LogP contribution in [-0.2, 0) is 42.2 Å². The average Bonchev–Trinajstić information content (AvgIpc) is 3.35. The molecule has 3 atom stereocenters. The van der Waals surface area contributed by atoms with Gasteiger partial charge < -0.3 is 24.2 Å². The largest absolute Gasteiger partial charge is 0.472 e. The summed E-state index contributed by atoms with van der Waals surface area (Å²) in [5.41, 5.74) is 0. The zero-order valence-electron chi connectivity index (χ0n) is 45.0. The number of rotatable bonds is 53. The highest BCUT2D eigenvalue weighted by Gasteiger charge is 2.28. The molecule has 0 radical (unpaired) electrons. The van der Waals surface area contributed by atoms with E-state index in [2.05, 4.69) is 69.4 Å². The van der Waals surface area contributed by atoms with Crippen LogP contribution in [0.1, 0.15) is 265 Å². The summed E-state index contributed by atoms with van der Waals surface area (Å²) in [5, 5.41) is 9.79. The number of aliphatic hydroxyl groups is 1. The zero-order chi connectivity index (χ0) is 51.3. The van der Waals surface area contributed by atoms with Crippen LogP contribution in [0.25, 0.3) is 0 Å². The molecule has 408 valence electrons. The summed E-state index contributed by atoms with van der Waals surface area (Å²) in [4.78, 5) is 48.5. The van der Waals surface area contributed by atoms with Crippen LogP contribution < -0.4 is 0 Å². The molecule has 70 heavy (non-hydrogen) atoms. The minimum Gasteiger partial charge on any atom is -0.462 e. The lowest BCUT2D eigenvalue weighted by Gasteiger charge is -2.21. The Morgan fingerprint density at radius 3 is 1.14 bits per heavy atom. The fourth-order valence-electron chi connectivity index (χ4n) is 7.94. The van der Waals surface area contributed by atoms with Gasteiger partial charge in [0.15, 0.2) is 6.10 Å². The maximum atomic E-state index is 12.9. The van der Waals surface area contributed by atoms with Crippen molar-refractivity contribution in [3.63, 3.8) is 0 Å². The molecule has 12 heteroatoms. The molecule has 0 rings (SSSR count). The standard InChI is InChI=1S/C58H105O11P/c1-4-7-10-13-16-19-22-24-26-27-29-30-33-35-38-41-44-47-56(60)65-51-55(69-58(62)49-46-43-40-37-34-31-28-25-23-20-17-14-11-8-5-2)53-67-70(63,64)66-52-54(50-59)68-57(61)48-45-42-39-36-32-21-18-15-12-9-6-3/h7,10,16,19,24,26,29-30,54-55,59H,4-6,8-9,11-15,17-18,20-23,25,27-28,31-53H2,1-3H3,(H,63,64)/b10-7-,19-16-,26-24-,30-29-. The maximum absolute atomic E-state index is 12.9. The first-order valence-corrected chi connectivity index (χ1v) is 30.0. The van der Waals surface area contributed by atoms with Gasteiger partial charge in [0, 0.05) is 19.3 Å². The highest BCUT2D eigenvalue weighted by Crippen LogP contribution is 2.43. The van der Waals surface area contributed by atoms with E-state index in [9.17, 15) is 28.9 Å². The molecule has 0 saturated carbocycles. The van der Waals surface area contributed by atoms with Crippen molar-refractivity contribution in [2.24, 2.45) is 0 Å². The molecular formula is C58H105O11P. The molecule has 0 fully saturated rings. The minimum absolute atomic E-state index is 0.166. The molecule has 0 aromatic carbocycles. The number of esters is 3. The SMILES string of the molecule is CC/C=C\C/C=C\C/C=C\C/C=C\CCCCCCC(=O)OCC(COP(=O)(O)OCC(CO)OC(=O)CCCCCCCCCCCCC)OC(=O)CCCCCCCCCCCCCCCCC. The zero-order valence-corrected chi connectivity index (χ0v) is 45.9. The van der Waals surface area contributed by atoms with E-state index in [1.165, 1.54) is 116 Å². The van der Waals surface area contributed by atoms with Crippen molar-refractivity contribution in [2.75, 3.05) is 26.4 Å². The first-order valence-electron chi connectivity index (χ1n) is 28.5. The average molecular weight is 1010 g/mol. The summed E-state index contributed by atoms with van der Waals surface area (Å²) in [6.45, 7) is 4.52. The normalized spacial score (nSPS) is 13.7. The molecule has 0 bridgehead atoms. The predicted molar refractivity (Wildman–Crippen MR) is 289 cm³/mol. The number of phosphoric ester groups is 1. The smallest absolute Gasteiger partial charge is 0.462 e.